The van der Waals surface area contributed by atoms with Gasteiger partial charge in [0.2, 0.25) is 5.91 Å². The summed E-state index contributed by atoms with van der Waals surface area (Å²) in [5.74, 6) is -0.242. The lowest BCUT2D eigenvalue weighted by molar-refractivity contribution is -0.129. The number of hydrogen-bond donors (Lipinski definition) is 2. The topological polar surface area (TPSA) is 49.3 Å². The van der Waals surface area contributed by atoms with Gasteiger partial charge in [0.1, 0.15) is 6.10 Å². The molecule has 0 aliphatic heterocycles. The fraction of sp³-hybridized carbons (Fsp3) is 0.889. The molecule has 0 rings (SSSR count). The fourth-order valence-electron chi connectivity index (χ4n) is 1.01. The normalized spacial score (nSPS) is 12.6. The van der Waals surface area contributed by atoms with Crippen molar-refractivity contribution in [3.8, 4) is 0 Å². The van der Waals surface area contributed by atoms with Crippen LogP contribution < -0.4 is 5.32 Å². The third-order valence-electron chi connectivity index (χ3n) is 1.73. The van der Waals surface area contributed by atoms with E-state index in [1.54, 1.807) is 0 Å². The van der Waals surface area contributed by atoms with E-state index in [0.29, 0.717) is 13.0 Å². The molecular weight excluding hydrogens is 154 g/mol. The Labute approximate surface area is 74.2 Å². The summed E-state index contributed by atoms with van der Waals surface area (Å²) in [6.07, 6.45) is 2.89. The lowest BCUT2D eigenvalue weighted by atomic mass is 10.1. The Balaban J connectivity index is 3.42. The average Bonchev–Trinajstić information content (AvgIpc) is 2.05. The van der Waals surface area contributed by atoms with Gasteiger partial charge in [-0.15, -0.1) is 0 Å². The molecule has 0 heterocycles. The SMILES string of the molecule is CCCCCC(O)C(=O)NCC. The van der Waals surface area contributed by atoms with Gasteiger partial charge in [-0.05, 0) is 13.3 Å². The Hall–Kier alpha value is -0.570. The van der Waals surface area contributed by atoms with Crippen LogP contribution in [0.1, 0.15) is 39.5 Å². The quantitative estimate of drug-likeness (QED) is 0.590. The second-order valence-electron chi connectivity index (χ2n) is 2.91. The van der Waals surface area contributed by atoms with E-state index in [1.807, 2.05) is 6.92 Å². The summed E-state index contributed by atoms with van der Waals surface area (Å²) in [5.41, 5.74) is 0. The minimum atomic E-state index is -0.809. The Morgan fingerprint density at radius 1 is 1.42 bits per heavy atom. The molecule has 0 aromatic rings. The first-order chi connectivity index (χ1) is 5.72. The molecule has 0 radical (unpaired) electrons. The van der Waals surface area contributed by atoms with Crippen molar-refractivity contribution in [2.24, 2.45) is 0 Å². The number of aliphatic hydroxyl groups excluding tert-OH is 1. The molecule has 72 valence electrons. The van der Waals surface area contributed by atoms with Crippen LogP contribution >= 0.6 is 0 Å². The van der Waals surface area contributed by atoms with Crippen LogP contribution in [0.4, 0.5) is 0 Å². The van der Waals surface area contributed by atoms with Gasteiger partial charge in [0.15, 0.2) is 0 Å². The molecule has 0 spiro atoms. The van der Waals surface area contributed by atoms with Crippen LogP contribution in [0, 0.1) is 0 Å². The first-order valence-electron chi connectivity index (χ1n) is 4.68. The van der Waals surface area contributed by atoms with E-state index >= 15 is 0 Å². The minimum Gasteiger partial charge on any atom is -0.383 e. The number of unbranched alkanes of at least 4 members (excludes halogenated alkanes) is 2. The molecule has 3 heteroatoms. The van der Waals surface area contributed by atoms with Crippen LogP contribution in [0.15, 0.2) is 0 Å². The number of likely N-dealkylation sites (N-methyl/N-ethyl adjacent to an activating group) is 1. The van der Waals surface area contributed by atoms with E-state index in [0.717, 1.165) is 19.3 Å². The zero-order valence-electron chi connectivity index (χ0n) is 7.97. The van der Waals surface area contributed by atoms with Gasteiger partial charge in [-0.2, -0.15) is 0 Å². The predicted octanol–water partition coefficient (Wildman–Crippen LogP) is 1.06. The summed E-state index contributed by atoms with van der Waals surface area (Å²) in [4.78, 5) is 11.0. The van der Waals surface area contributed by atoms with Crippen molar-refractivity contribution in [1.82, 2.24) is 5.32 Å². The standard InChI is InChI=1S/C9H19NO2/c1-3-5-6-7-8(11)9(12)10-4-2/h8,11H,3-7H2,1-2H3,(H,10,12). The Morgan fingerprint density at radius 3 is 2.58 bits per heavy atom. The molecule has 1 atom stereocenters. The summed E-state index contributed by atoms with van der Waals surface area (Å²) in [7, 11) is 0. The van der Waals surface area contributed by atoms with Crippen molar-refractivity contribution < 1.29 is 9.90 Å². The number of carbonyl (C=O) groups excluding carboxylic acids is 1. The Morgan fingerprint density at radius 2 is 2.08 bits per heavy atom. The molecule has 1 amide bonds. The molecule has 0 bridgehead atoms. The Bertz CT molecular complexity index is 126. The predicted molar refractivity (Wildman–Crippen MR) is 48.8 cm³/mol. The van der Waals surface area contributed by atoms with Crippen molar-refractivity contribution in [2.45, 2.75) is 45.6 Å². The number of nitrogens with one attached hydrogen (secondary N) is 1. The zero-order valence-corrected chi connectivity index (χ0v) is 7.97. The van der Waals surface area contributed by atoms with Gasteiger partial charge in [-0.3, -0.25) is 4.79 Å². The van der Waals surface area contributed by atoms with Crippen LogP contribution in [0.5, 0.6) is 0 Å². The molecule has 0 saturated carbocycles. The van der Waals surface area contributed by atoms with Crippen molar-refractivity contribution in [3.63, 3.8) is 0 Å². The molecule has 0 fully saturated rings. The van der Waals surface area contributed by atoms with Gasteiger partial charge < -0.3 is 10.4 Å². The van der Waals surface area contributed by atoms with E-state index in [-0.39, 0.29) is 5.91 Å². The van der Waals surface area contributed by atoms with Crippen LogP contribution in [0.3, 0.4) is 0 Å². The number of aliphatic hydroxyl groups is 1. The highest BCUT2D eigenvalue weighted by Crippen LogP contribution is 2.02. The fourth-order valence-corrected chi connectivity index (χ4v) is 1.01. The molecule has 3 nitrogen and oxygen atoms in total. The number of rotatable bonds is 6. The largest absolute Gasteiger partial charge is 0.383 e. The third kappa shape index (κ3) is 5.13. The summed E-state index contributed by atoms with van der Waals surface area (Å²) in [6.45, 7) is 4.53. The maximum absolute atomic E-state index is 11.0. The second-order valence-corrected chi connectivity index (χ2v) is 2.91. The molecule has 0 aromatic heterocycles. The molecule has 0 saturated heterocycles. The molecular formula is C9H19NO2. The highest BCUT2D eigenvalue weighted by Gasteiger charge is 2.12. The smallest absolute Gasteiger partial charge is 0.248 e. The summed E-state index contributed by atoms with van der Waals surface area (Å²) < 4.78 is 0. The van der Waals surface area contributed by atoms with Gasteiger partial charge in [0.05, 0.1) is 0 Å². The van der Waals surface area contributed by atoms with E-state index in [4.69, 9.17) is 0 Å². The number of hydrogen-bond acceptors (Lipinski definition) is 2. The summed E-state index contributed by atoms with van der Waals surface area (Å²) >= 11 is 0. The van der Waals surface area contributed by atoms with Crippen LogP contribution in [-0.4, -0.2) is 23.7 Å². The van der Waals surface area contributed by atoms with Crippen LogP contribution in [-0.2, 0) is 4.79 Å². The first kappa shape index (κ1) is 11.4. The molecule has 12 heavy (non-hydrogen) atoms. The zero-order chi connectivity index (χ0) is 9.40. The third-order valence-corrected chi connectivity index (χ3v) is 1.73. The highest BCUT2D eigenvalue weighted by atomic mass is 16.3. The van der Waals surface area contributed by atoms with E-state index in [1.165, 1.54) is 0 Å². The maximum Gasteiger partial charge on any atom is 0.248 e. The van der Waals surface area contributed by atoms with Gasteiger partial charge in [0.25, 0.3) is 0 Å². The highest BCUT2D eigenvalue weighted by molar-refractivity contribution is 5.80. The second kappa shape index (κ2) is 7.10. The summed E-state index contributed by atoms with van der Waals surface area (Å²) in [5, 5.41) is 11.8. The molecule has 0 aliphatic carbocycles. The number of amides is 1. The molecule has 1 unspecified atom stereocenters. The van der Waals surface area contributed by atoms with Crippen LogP contribution in [0.2, 0.25) is 0 Å². The molecule has 0 aliphatic rings. The van der Waals surface area contributed by atoms with Crippen LogP contribution in [0.25, 0.3) is 0 Å². The van der Waals surface area contributed by atoms with Crippen molar-refractivity contribution in [2.75, 3.05) is 6.54 Å². The van der Waals surface area contributed by atoms with E-state index < -0.39 is 6.10 Å². The maximum atomic E-state index is 11.0. The average molecular weight is 173 g/mol. The number of carbonyl (C=O) groups is 1. The van der Waals surface area contributed by atoms with Gasteiger partial charge in [-0.1, -0.05) is 26.2 Å². The summed E-state index contributed by atoms with van der Waals surface area (Å²) in [6, 6.07) is 0. The van der Waals surface area contributed by atoms with E-state index in [2.05, 4.69) is 12.2 Å². The first-order valence-corrected chi connectivity index (χ1v) is 4.68. The monoisotopic (exact) mass is 173 g/mol. The van der Waals surface area contributed by atoms with Gasteiger partial charge in [-0.25, -0.2) is 0 Å². The lowest BCUT2D eigenvalue weighted by Gasteiger charge is -2.08. The minimum absolute atomic E-state index is 0.242. The van der Waals surface area contributed by atoms with E-state index in [9.17, 15) is 9.90 Å². The van der Waals surface area contributed by atoms with Crippen molar-refractivity contribution in [1.29, 1.82) is 0 Å². The van der Waals surface area contributed by atoms with Gasteiger partial charge in [0, 0.05) is 6.54 Å². The molecule has 2 N–H and O–H groups in total. The Kier molecular flexibility index (Phi) is 6.76. The van der Waals surface area contributed by atoms with Crippen molar-refractivity contribution in [3.05, 3.63) is 0 Å². The van der Waals surface area contributed by atoms with Gasteiger partial charge >= 0.3 is 0 Å². The lowest BCUT2D eigenvalue weighted by Crippen LogP contribution is -2.34. The molecule has 0 aromatic carbocycles. The van der Waals surface area contributed by atoms with Crippen molar-refractivity contribution >= 4 is 5.91 Å².